The van der Waals surface area contributed by atoms with Crippen molar-refractivity contribution in [2.45, 2.75) is 25.0 Å². The molecular weight excluding hydrogens is 414 g/mol. The summed E-state index contributed by atoms with van der Waals surface area (Å²) in [6.45, 7) is 1.10. The van der Waals surface area contributed by atoms with E-state index in [1.807, 2.05) is 0 Å². The van der Waals surface area contributed by atoms with Gasteiger partial charge in [0.2, 0.25) is 0 Å². The van der Waals surface area contributed by atoms with Gasteiger partial charge in [-0.2, -0.15) is 9.77 Å². The van der Waals surface area contributed by atoms with Gasteiger partial charge < -0.3 is 4.89 Å². The molecule has 2 heterocycles. The number of aromatic nitrogens is 5. The minimum Gasteiger partial charge on any atom is -0.325 e. The molecule has 0 radical (unpaired) electrons. The molecule has 0 amide bonds. The van der Waals surface area contributed by atoms with Crippen molar-refractivity contribution in [3.05, 3.63) is 72.1 Å². The topological polar surface area (TPSA) is 112 Å². The molecule has 1 unspecified atom stereocenters. The Morgan fingerprint density at radius 1 is 1.24 bits per heavy atom. The zero-order valence-electron chi connectivity index (χ0n) is 14.9. The molecule has 1 aromatic carbocycles. The first-order valence-corrected chi connectivity index (χ1v) is 9.42. The third-order valence-corrected chi connectivity index (χ3v) is 4.54. The molecule has 9 nitrogen and oxygen atoms in total. The zero-order valence-corrected chi connectivity index (χ0v) is 15.9. The second-order valence-corrected chi connectivity index (χ2v) is 6.72. The van der Waals surface area contributed by atoms with E-state index in [4.69, 9.17) is 9.78 Å². The Kier molecular flexibility index (Phi) is 6.38. The Labute approximate surface area is 163 Å². The van der Waals surface area contributed by atoms with Crippen LogP contribution >= 0.6 is 8.25 Å². The van der Waals surface area contributed by atoms with E-state index in [0.717, 1.165) is 24.7 Å². The molecular formula is C16H15F3N5O4P. The van der Waals surface area contributed by atoms with Crippen molar-refractivity contribution in [2.75, 3.05) is 0 Å². The SMILES string of the molecule is C[C@@H](c1ncncc1F)[C@@](Cn1cncn1)(OO[PH](=O)O)c1ccc(F)cc1F. The monoisotopic (exact) mass is 429 g/mol. The van der Waals surface area contributed by atoms with Crippen LogP contribution in [0.3, 0.4) is 0 Å². The first kappa shape index (κ1) is 21.1. The molecule has 154 valence electrons. The van der Waals surface area contributed by atoms with Crippen molar-refractivity contribution in [1.29, 1.82) is 0 Å². The minimum absolute atomic E-state index is 0.190. The Hall–Kier alpha value is -2.66. The second-order valence-electron chi connectivity index (χ2n) is 6.02. The van der Waals surface area contributed by atoms with Gasteiger partial charge in [-0.3, -0.25) is 4.57 Å². The molecule has 0 bridgehead atoms. The fraction of sp³-hybridized carbons (Fsp3) is 0.250. The molecule has 3 atom stereocenters. The summed E-state index contributed by atoms with van der Waals surface area (Å²) in [6, 6.07) is 2.62. The van der Waals surface area contributed by atoms with Gasteiger partial charge in [0.15, 0.2) is 11.4 Å². The van der Waals surface area contributed by atoms with E-state index in [-0.39, 0.29) is 17.8 Å². The lowest BCUT2D eigenvalue weighted by atomic mass is 9.79. The van der Waals surface area contributed by atoms with Gasteiger partial charge in [0.25, 0.3) is 0 Å². The quantitative estimate of drug-likeness (QED) is 0.330. The molecule has 0 aliphatic rings. The highest BCUT2D eigenvalue weighted by molar-refractivity contribution is 7.31. The van der Waals surface area contributed by atoms with E-state index >= 15 is 0 Å². The van der Waals surface area contributed by atoms with Crippen molar-refractivity contribution in [2.24, 2.45) is 0 Å². The van der Waals surface area contributed by atoms with Crippen molar-refractivity contribution in [3.63, 3.8) is 0 Å². The molecule has 3 aromatic rings. The van der Waals surface area contributed by atoms with E-state index in [9.17, 15) is 17.7 Å². The lowest BCUT2D eigenvalue weighted by molar-refractivity contribution is -0.312. The van der Waals surface area contributed by atoms with E-state index < -0.39 is 37.2 Å². The fourth-order valence-corrected chi connectivity index (χ4v) is 3.18. The number of rotatable bonds is 8. The molecule has 2 aromatic heterocycles. The van der Waals surface area contributed by atoms with Crippen LogP contribution in [0.2, 0.25) is 0 Å². The lowest BCUT2D eigenvalue weighted by Crippen LogP contribution is -2.41. The van der Waals surface area contributed by atoms with Crippen molar-refractivity contribution >= 4 is 8.25 Å². The van der Waals surface area contributed by atoms with Gasteiger partial charge >= 0.3 is 8.25 Å². The fourth-order valence-electron chi connectivity index (χ4n) is 2.96. The van der Waals surface area contributed by atoms with Crippen molar-refractivity contribution in [1.82, 2.24) is 24.7 Å². The molecule has 3 rings (SSSR count). The summed E-state index contributed by atoms with van der Waals surface area (Å²) in [4.78, 5) is 25.6. The molecule has 29 heavy (non-hydrogen) atoms. The van der Waals surface area contributed by atoms with Crippen LogP contribution in [0, 0.1) is 17.5 Å². The van der Waals surface area contributed by atoms with Gasteiger partial charge in [-0.05, 0) is 6.07 Å². The summed E-state index contributed by atoms with van der Waals surface area (Å²) in [7, 11) is -3.64. The molecule has 0 saturated heterocycles. The number of hydrogen-bond acceptors (Lipinski definition) is 7. The van der Waals surface area contributed by atoms with E-state index in [0.29, 0.717) is 6.07 Å². The Morgan fingerprint density at radius 2 is 2.03 bits per heavy atom. The maximum absolute atomic E-state index is 14.8. The third kappa shape index (κ3) is 4.51. The molecule has 0 fully saturated rings. The number of benzene rings is 1. The number of halogens is 3. The van der Waals surface area contributed by atoms with Crippen LogP contribution < -0.4 is 0 Å². The van der Waals surface area contributed by atoms with Gasteiger partial charge in [0, 0.05) is 17.5 Å². The van der Waals surface area contributed by atoms with E-state index in [2.05, 4.69) is 24.7 Å². The summed E-state index contributed by atoms with van der Waals surface area (Å²) in [5.41, 5.74) is -2.45. The van der Waals surface area contributed by atoms with Gasteiger partial charge in [-0.25, -0.2) is 37.7 Å². The first-order valence-electron chi connectivity index (χ1n) is 8.15. The Balaban J connectivity index is 2.22. The predicted octanol–water partition coefficient (Wildman–Crippen LogP) is 2.51. The van der Waals surface area contributed by atoms with Gasteiger partial charge in [0.05, 0.1) is 18.4 Å². The Morgan fingerprint density at radius 3 is 2.66 bits per heavy atom. The van der Waals surface area contributed by atoms with E-state index in [1.54, 1.807) is 0 Å². The van der Waals surface area contributed by atoms with Crippen LogP contribution in [0.4, 0.5) is 13.2 Å². The molecule has 0 aliphatic heterocycles. The maximum Gasteiger partial charge on any atom is 0.344 e. The largest absolute Gasteiger partial charge is 0.344 e. The normalized spacial score (nSPS) is 15.6. The van der Waals surface area contributed by atoms with Gasteiger partial charge in [-0.1, -0.05) is 13.0 Å². The Bertz CT molecular complexity index is 1010. The molecule has 0 spiro atoms. The highest BCUT2D eigenvalue weighted by Crippen LogP contribution is 2.44. The summed E-state index contributed by atoms with van der Waals surface area (Å²) < 4.78 is 59.6. The lowest BCUT2D eigenvalue weighted by Gasteiger charge is -2.37. The van der Waals surface area contributed by atoms with Crippen LogP contribution in [0.5, 0.6) is 0 Å². The van der Waals surface area contributed by atoms with Crippen LogP contribution in [0.25, 0.3) is 0 Å². The van der Waals surface area contributed by atoms with Crippen molar-refractivity contribution < 1.29 is 32.2 Å². The average molecular weight is 429 g/mol. The second kappa shape index (κ2) is 8.78. The smallest absolute Gasteiger partial charge is 0.325 e. The van der Waals surface area contributed by atoms with Gasteiger partial charge in [-0.15, -0.1) is 0 Å². The van der Waals surface area contributed by atoms with Gasteiger partial charge in [0.1, 0.15) is 30.6 Å². The first-order chi connectivity index (χ1) is 13.8. The average Bonchev–Trinajstić information content (AvgIpc) is 3.18. The minimum atomic E-state index is -3.64. The summed E-state index contributed by atoms with van der Waals surface area (Å²) >= 11 is 0. The predicted molar refractivity (Wildman–Crippen MR) is 91.9 cm³/mol. The van der Waals surface area contributed by atoms with Crippen LogP contribution in [0.15, 0.2) is 43.4 Å². The molecule has 0 saturated carbocycles. The highest BCUT2D eigenvalue weighted by Gasteiger charge is 2.46. The summed E-state index contributed by atoms with van der Waals surface area (Å²) in [5, 5.41) is 3.91. The standard InChI is InChI=1S/C16H15F3N5O4P/c1-10(15-14(19)5-20-7-22-15)16(27-28-29(25)26,6-24-9-21-8-23-24)12-3-2-11(17)4-13(12)18/h2-5,7-10,29H,6H2,1H3,(H,25,26)/t10-,16+/m0/s1. The molecule has 13 heteroatoms. The summed E-state index contributed by atoms with van der Waals surface area (Å²) in [5.74, 6) is -3.85. The third-order valence-electron chi connectivity index (χ3n) is 4.32. The molecule has 0 aliphatic carbocycles. The molecule has 1 N–H and O–H groups in total. The highest BCUT2D eigenvalue weighted by atomic mass is 31.1. The zero-order chi connectivity index (χ0) is 21.0. The van der Waals surface area contributed by atoms with Crippen LogP contribution in [0.1, 0.15) is 24.1 Å². The number of nitrogens with zero attached hydrogens (tertiary/aromatic N) is 5. The van der Waals surface area contributed by atoms with Crippen LogP contribution in [-0.4, -0.2) is 29.6 Å². The summed E-state index contributed by atoms with van der Waals surface area (Å²) in [6.07, 6.45) is 4.43. The maximum atomic E-state index is 14.8. The van der Waals surface area contributed by atoms with E-state index in [1.165, 1.54) is 24.3 Å². The van der Waals surface area contributed by atoms with Crippen LogP contribution in [-0.2, 0) is 26.3 Å². The van der Waals surface area contributed by atoms with Crippen molar-refractivity contribution in [3.8, 4) is 0 Å². The number of hydrogen-bond donors (Lipinski definition) is 1.